The standard InChI is InChI=1S/C15H13N3O3S2/c1-3-20-13(19)9-8-16-14(22-2)18-12(9)23-15-17-10-6-4-5-7-11(10)21-15/h4-8H,3H2,1-2H3. The summed E-state index contributed by atoms with van der Waals surface area (Å²) < 4.78 is 10.7. The van der Waals surface area contributed by atoms with Gasteiger partial charge in [-0.1, -0.05) is 23.9 Å². The third kappa shape index (κ3) is 3.48. The number of rotatable bonds is 5. The molecule has 0 saturated carbocycles. The Bertz CT molecular complexity index is 818. The minimum atomic E-state index is -0.459. The van der Waals surface area contributed by atoms with Gasteiger partial charge in [-0.2, -0.15) is 0 Å². The topological polar surface area (TPSA) is 78.1 Å². The summed E-state index contributed by atoms with van der Waals surface area (Å²) in [4.78, 5) is 24.9. The van der Waals surface area contributed by atoms with Crippen molar-refractivity contribution in [2.75, 3.05) is 12.9 Å². The number of hydrogen-bond acceptors (Lipinski definition) is 8. The van der Waals surface area contributed by atoms with Crippen molar-refractivity contribution in [2.45, 2.75) is 22.3 Å². The van der Waals surface area contributed by atoms with E-state index in [4.69, 9.17) is 9.15 Å². The Labute approximate surface area is 141 Å². The number of aromatic nitrogens is 3. The number of thioether (sulfide) groups is 1. The summed E-state index contributed by atoms with van der Waals surface area (Å²) in [5.74, 6) is -0.459. The largest absolute Gasteiger partial charge is 0.462 e. The van der Waals surface area contributed by atoms with Crippen molar-refractivity contribution < 1.29 is 13.9 Å². The maximum atomic E-state index is 12.1. The van der Waals surface area contributed by atoms with E-state index >= 15 is 0 Å². The molecule has 0 atom stereocenters. The minimum Gasteiger partial charge on any atom is -0.462 e. The van der Waals surface area contributed by atoms with Gasteiger partial charge in [-0.3, -0.25) is 0 Å². The zero-order chi connectivity index (χ0) is 16.2. The van der Waals surface area contributed by atoms with Crippen molar-refractivity contribution in [3.05, 3.63) is 36.0 Å². The number of nitrogens with zero attached hydrogens (tertiary/aromatic N) is 3. The average Bonchev–Trinajstić information content (AvgIpc) is 2.97. The van der Waals surface area contributed by atoms with Crippen LogP contribution in [0.5, 0.6) is 0 Å². The summed E-state index contributed by atoms with van der Waals surface area (Å²) >= 11 is 2.57. The minimum absolute atomic E-state index is 0.288. The Morgan fingerprint density at radius 1 is 1.30 bits per heavy atom. The summed E-state index contributed by atoms with van der Waals surface area (Å²) in [5, 5.41) is 1.45. The number of carbonyl (C=O) groups excluding carboxylic acids is 1. The number of fused-ring (bicyclic) bond motifs is 1. The maximum absolute atomic E-state index is 12.1. The number of benzene rings is 1. The fourth-order valence-electron chi connectivity index (χ4n) is 1.85. The van der Waals surface area contributed by atoms with Crippen LogP contribution in [0, 0.1) is 0 Å². The van der Waals surface area contributed by atoms with E-state index in [1.807, 2.05) is 30.5 Å². The van der Waals surface area contributed by atoms with Crippen LogP contribution in [0.3, 0.4) is 0 Å². The van der Waals surface area contributed by atoms with Crippen LogP contribution in [0.1, 0.15) is 17.3 Å². The third-order valence-corrected chi connectivity index (χ3v) is 4.28. The van der Waals surface area contributed by atoms with E-state index in [-0.39, 0.29) is 6.61 Å². The lowest BCUT2D eigenvalue weighted by Gasteiger charge is -2.06. The van der Waals surface area contributed by atoms with Gasteiger partial charge in [-0.05, 0) is 37.1 Å². The first-order valence-electron chi connectivity index (χ1n) is 6.83. The molecular weight excluding hydrogens is 334 g/mol. The number of oxazole rings is 1. The van der Waals surface area contributed by atoms with Crippen LogP contribution in [0.15, 0.2) is 50.3 Å². The number of hydrogen-bond donors (Lipinski definition) is 0. The molecule has 3 rings (SSSR count). The average molecular weight is 347 g/mol. The first-order chi connectivity index (χ1) is 11.2. The number of para-hydroxylation sites is 2. The summed E-state index contributed by atoms with van der Waals surface area (Å²) in [7, 11) is 0. The lowest BCUT2D eigenvalue weighted by atomic mass is 10.3. The number of ether oxygens (including phenoxy) is 1. The molecule has 0 aliphatic heterocycles. The molecule has 2 aromatic heterocycles. The van der Waals surface area contributed by atoms with Crippen molar-refractivity contribution >= 4 is 40.6 Å². The molecule has 1 aromatic carbocycles. The van der Waals surface area contributed by atoms with Crippen LogP contribution in [-0.4, -0.2) is 33.8 Å². The highest BCUT2D eigenvalue weighted by Crippen LogP contribution is 2.31. The SMILES string of the molecule is CCOC(=O)c1cnc(SC)nc1Sc1nc2ccccc2o1. The second-order valence-corrected chi connectivity index (χ2v) is 6.06. The molecule has 8 heteroatoms. The molecule has 0 aliphatic carbocycles. The van der Waals surface area contributed by atoms with E-state index in [0.717, 1.165) is 5.52 Å². The first-order valence-corrected chi connectivity index (χ1v) is 8.87. The Kier molecular flexibility index (Phi) is 4.82. The zero-order valence-corrected chi connectivity index (χ0v) is 14.1. The van der Waals surface area contributed by atoms with E-state index in [1.165, 1.54) is 29.7 Å². The maximum Gasteiger partial charge on any atom is 0.342 e. The Hall–Kier alpha value is -2.06. The Balaban J connectivity index is 1.97. The molecule has 0 saturated heterocycles. The van der Waals surface area contributed by atoms with Gasteiger partial charge in [-0.25, -0.2) is 19.7 Å². The van der Waals surface area contributed by atoms with Gasteiger partial charge in [0.05, 0.1) is 6.61 Å². The number of esters is 1. The summed E-state index contributed by atoms with van der Waals surface area (Å²) in [6, 6.07) is 7.47. The predicted molar refractivity (Wildman–Crippen MR) is 87.9 cm³/mol. The molecule has 0 fully saturated rings. The van der Waals surface area contributed by atoms with E-state index in [0.29, 0.717) is 26.6 Å². The van der Waals surface area contributed by atoms with Crippen molar-refractivity contribution in [1.82, 2.24) is 15.0 Å². The van der Waals surface area contributed by atoms with Crippen LogP contribution in [0.4, 0.5) is 0 Å². The Morgan fingerprint density at radius 3 is 2.87 bits per heavy atom. The van der Waals surface area contributed by atoms with Crippen molar-refractivity contribution in [3.63, 3.8) is 0 Å². The molecule has 0 bridgehead atoms. The highest BCUT2D eigenvalue weighted by molar-refractivity contribution is 7.99. The molecule has 2 heterocycles. The van der Waals surface area contributed by atoms with Crippen LogP contribution >= 0.6 is 23.5 Å². The first kappa shape index (κ1) is 15.8. The molecule has 0 spiro atoms. The zero-order valence-electron chi connectivity index (χ0n) is 12.5. The second kappa shape index (κ2) is 7.01. The molecule has 6 nitrogen and oxygen atoms in total. The van der Waals surface area contributed by atoms with Gasteiger partial charge in [0, 0.05) is 6.20 Å². The summed E-state index contributed by atoms with van der Waals surface area (Å²) in [5.41, 5.74) is 1.75. The van der Waals surface area contributed by atoms with Gasteiger partial charge < -0.3 is 9.15 Å². The lowest BCUT2D eigenvalue weighted by molar-refractivity contribution is 0.0520. The summed E-state index contributed by atoms with van der Waals surface area (Å²) in [6.45, 7) is 2.04. The molecule has 0 radical (unpaired) electrons. The molecule has 23 heavy (non-hydrogen) atoms. The highest BCUT2D eigenvalue weighted by Gasteiger charge is 2.19. The van der Waals surface area contributed by atoms with Gasteiger partial charge in [-0.15, -0.1) is 0 Å². The molecule has 0 amide bonds. The van der Waals surface area contributed by atoms with E-state index in [2.05, 4.69) is 15.0 Å². The van der Waals surface area contributed by atoms with Crippen LogP contribution in [0.2, 0.25) is 0 Å². The van der Waals surface area contributed by atoms with Crippen LogP contribution < -0.4 is 0 Å². The molecule has 0 N–H and O–H groups in total. The third-order valence-electron chi connectivity index (χ3n) is 2.87. The van der Waals surface area contributed by atoms with Gasteiger partial charge in [0.2, 0.25) is 0 Å². The molecular formula is C15H13N3O3S2. The monoisotopic (exact) mass is 347 g/mol. The van der Waals surface area contributed by atoms with Crippen molar-refractivity contribution in [1.29, 1.82) is 0 Å². The van der Waals surface area contributed by atoms with E-state index in [1.54, 1.807) is 6.92 Å². The molecule has 3 aromatic rings. The van der Waals surface area contributed by atoms with E-state index in [9.17, 15) is 4.79 Å². The second-order valence-electron chi connectivity index (χ2n) is 4.35. The van der Waals surface area contributed by atoms with Gasteiger partial charge >= 0.3 is 5.97 Å². The van der Waals surface area contributed by atoms with Gasteiger partial charge in [0.25, 0.3) is 5.22 Å². The fraction of sp³-hybridized carbons (Fsp3) is 0.200. The van der Waals surface area contributed by atoms with Gasteiger partial charge in [0.15, 0.2) is 10.7 Å². The molecule has 118 valence electrons. The smallest absolute Gasteiger partial charge is 0.342 e. The number of carbonyl (C=O) groups is 1. The van der Waals surface area contributed by atoms with E-state index < -0.39 is 5.97 Å². The van der Waals surface area contributed by atoms with Crippen LogP contribution in [0.25, 0.3) is 11.1 Å². The Morgan fingerprint density at radius 2 is 2.13 bits per heavy atom. The molecule has 0 aliphatic rings. The predicted octanol–water partition coefficient (Wildman–Crippen LogP) is 3.67. The fourth-order valence-corrected chi connectivity index (χ4v) is 3.07. The lowest BCUT2D eigenvalue weighted by Crippen LogP contribution is -2.08. The van der Waals surface area contributed by atoms with Gasteiger partial charge in [0.1, 0.15) is 16.1 Å². The van der Waals surface area contributed by atoms with Crippen molar-refractivity contribution in [2.24, 2.45) is 0 Å². The van der Waals surface area contributed by atoms with Crippen LogP contribution in [-0.2, 0) is 4.74 Å². The quantitative estimate of drug-likeness (QED) is 0.299. The highest BCUT2D eigenvalue weighted by atomic mass is 32.2. The molecule has 0 unspecified atom stereocenters. The summed E-state index contributed by atoms with van der Waals surface area (Å²) in [6.07, 6.45) is 3.34. The van der Waals surface area contributed by atoms with Crippen molar-refractivity contribution in [3.8, 4) is 0 Å². The normalized spacial score (nSPS) is 10.9.